The number of nitrogens with two attached hydrogens (primary N) is 1. The number of hydrogen-bond donors (Lipinski definition) is 1. The molecular formula is C18H25N3O2. The molecule has 1 unspecified atom stereocenters. The molecule has 2 rings (SSSR count). The summed E-state index contributed by atoms with van der Waals surface area (Å²) < 4.78 is 7.27. The van der Waals surface area contributed by atoms with Crippen LogP contribution in [-0.2, 0) is 0 Å². The van der Waals surface area contributed by atoms with E-state index in [1.54, 1.807) is 19.1 Å². The van der Waals surface area contributed by atoms with Crippen molar-refractivity contribution in [3.8, 4) is 11.4 Å². The van der Waals surface area contributed by atoms with Gasteiger partial charge in [0.1, 0.15) is 5.75 Å². The summed E-state index contributed by atoms with van der Waals surface area (Å²) in [6.07, 6.45) is 0. The van der Waals surface area contributed by atoms with Gasteiger partial charge < -0.3 is 19.9 Å². The summed E-state index contributed by atoms with van der Waals surface area (Å²) in [5, 5.41) is 0. The first-order valence-corrected chi connectivity index (χ1v) is 7.71. The Morgan fingerprint density at radius 3 is 2.43 bits per heavy atom. The molecule has 5 nitrogen and oxygen atoms in total. The van der Waals surface area contributed by atoms with E-state index >= 15 is 0 Å². The highest BCUT2D eigenvalue weighted by molar-refractivity contribution is 5.96. The fourth-order valence-corrected chi connectivity index (χ4v) is 2.66. The fraction of sp³-hybridized carbons (Fsp3) is 0.389. The molecule has 0 bridgehead atoms. The van der Waals surface area contributed by atoms with Gasteiger partial charge in [-0.25, -0.2) is 0 Å². The average molecular weight is 315 g/mol. The Kier molecular flexibility index (Phi) is 5.11. The van der Waals surface area contributed by atoms with Crippen LogP contribution in [0.5, 0.6) is 5.75 Å². The molecule has 1 heterocycles. The lowest BCUT2D eigenvalue weighted by Gasteiger charge is -2.23. The zero-order chi connectivity index (χ0) is 17.1. The van der Waals surface area contributed by atoms with Gasteiger partial charge in [0.15, 0.2) is 0 Å². The molecule has 1 aromatic heterocycles. The molecular weight excluding hydrogens is 290 g/mol. The van der Waals surface area contributed by atoms with E-state index in [0.717, 1.165) is 22.8 Å². The Bertz CT molecular complexity index is 689. The van der Waals surface area contributed by atoms with Crippen molar-refractivity contribution >= 4 is 5.91 Å². The van der Waals surface area contributed by atoms with E-state index in [1.165, 1.54) is 0 Å². The molecule has 5 heteroatoms. The van der Waals surface area contributed by atoms with Gasteiger partial charge in [-0.15, -0.1) is 0 Å². The maximum atomic E-state index is 12.7. The Balaban J connectivity index is 2.41. The zero-order valence-corrected chi connectivity index (χ0v) is 14.5. The van der Waals surface area contributed by atoms with Gasteiger partial charge in [-0.05, 0) is 51.1 Å². The standard InChI is InChI=1S/C18H25N3O2/c1-12-10-17(18(22)20(4)13(2)11-19)14(3)21(12)15-6-8-16(23-5)9-7-15/h6-10,13H,11,19H2,1-5H3. The number of rotatable bonds is 5. The number of carbonyl (C=O) groups is 1. The largest absolute Gasteiger partial charge is 0.497 e. The third-order valence-corrected chi connectivity index (χ3v) is 4.31. The van der Waals surface area contributed by atoms with Crippen molar-refractivity contribution in [1.82, 2.24) is 9.47 Å². The zero-order valence-electron chi connectivity index (χ0n) is 14.5. The second kappa shape index (κ2) is 6.87. The van der Waals surface area contributed by atoms with Crippen LogP contribution in [0.2, 0.25) is 0 Å². The van der Waals surface area contributed by atoms with Crippen molar-refractivity contribution in [1.29, 1.82) is 0 Å². The van der Waals surface area contributed by atoms with Crippen LogP contribution in [0.1, 0.15) is 28.7 Å². The van der Waals surface area contributed by atoms with E-state index in [9.17, 15) is 4.79 Å². The second-order valence-corrected chi connectivity index (χ2v) is 5.82. The van der Waals surface area contributed by atoms with Crippen LogP contribution in [0.15, 0.2) is 30.3 Å². The number of methoxy groups -OCH3 is 1. The lowest BCUT2D eigenvalue weighted by Crippen LogP contribution is -2.39. The van der Waals surface area contributed by atoms with Crippen LogP contribution < -0.4 is 10.5 Å². The highest BCUT2D eigenvalue weighted by Crippen LogP contribution is 2.23. The number of amides is 1. The Morgan fingerprint density at radius 1 is 1.30 bits per heavy atom. The normalized spacial score (nSPS) is 12.1. The molecule has 0 saturated heterocycles. The summed E-state index contributed by atoms with van der Waals surface area (Å²) >= 11 is 0. The summed E-state index contributed by atoms with van der Waals surface area (Å²) in [7, 11) is 3.44. The van der Waals surface area contributed by atoms with Crippen molar-refractivity contribution in [3.05, 3.63) is 47.3 Å². The molecule has 0 aliphatic carbocycles. The van der Waals surface area contributed by atoms with Crippen LogP contribution in [0.3, 0.4) is 0 Å². The summed E-state index contributed by atoms with van der Waals surface area (Å²) in [6.45, 7) is 6.35. The first-order chi connectivity index (χ1) is 10.9. The van der Waals surface area contributed by atoms with Gasteiger partial charge in [0.2, 0.25) is 0 Å². The molecule has 0 spiro atoms. The van der Waals surface area contributed by atoms with Gasteiger partial charge in [0.25, 0.3) is 5.91 Å². The van der Waals surface area contributed by atoms with E-state index in [1.807, 2.05) is 51.1 Å². The number of hydrogen-bond acceptors (Lipinski definition) is 3. The molecule has 1 amide bonds. The van der Waals surface area contributed by atoms with Crippen molar-refractivity contribution in [2.75, 3.05) is 20.7 Å². The number of aromatic nitrogens is 1. The Labute approximate surface area is 137 Å². The molecule has 2 N–H and O–H groups in total. The topological polar surface area (TPSA) is 60.5 Å². The van der Waals surface area contributed by atoms with Gasteiger partial charge >= 0.3 is 0 Å². The predicted molar refractivity (Wildman–Crippen MR) is 92.4 cm³/mol. The molecule has 124 valence electrons. The number of aryl methyl sites for hydroxylation is 1. The van der Waals surface area contributed by atoms with E-state index in [0.29, 0.717) is 12.1 Å². The Morgan fingerprint density at radius 2 is 1.91 bits per heavy atom. The minimum atomic E-state index is -0.00388. The lowest BCUT2D eigenvalue weighted by atomic mass is 10.2. The van der Waals surface area contributed by atoms with Gasteiger partial charge in [0, 0.05) is 36.7 Å². The quantitative estimate of drug-likeness (QED) is 0.922. The summed E-state index contributed by atoms with van der Waals surface area (Å²) in [6, 6.07) is 9.74. The lowest BCUT2D eigenvalue weighted by molar-refractivity contribution is 0.0747. The molecule has 0 saturated carbocycles. The summed E-state index contributed by atoms with van der Waals surface area (Å²) in [5.74, 6) is 0.805. The third-order valence-electron chi connectivity index (χ3n) is 4.31. The molecule has 1 aromatic carbocycles. The third kappa shape index (κ3) is 3.24. The van der Waals surface area contributed by atoms with Crippen LogP contribution >= 0.6 is 0 Å². The minimum Gasteiger partial charge on any atom is -0.497 e. The SMILES string of the molecule is COc1ccc(-n2c(C)cc(C(=O)N(C)C(C)CN)c2C)cc1. The molecule has 1 atom stereocenters. The van der Waals surface area contributed by atoms with E-state index < -0.39 is 0 Å². The molecule has 0 aliphatic heterocycles. The number of benzene rings is 1. The van der Waals surface area contributed by atoms with Gasteiger partial charge in [0.05, 0.1) is 12.7 Å². The van der Waals surface area contributed by atoms with E-state index in [-0.39, 0.29) is 11.9 Å². The van der Waals surface area contributed by atoms with E-state index in [4.69, 9.17) is 10.5 Å². The van der Waals surface area contributed by atoms with Gasteiger partial charge in [-0.1, -0.05) is 0 Å². The summed E-state index contributed by atoms with van der Waals surface area (Å²) in [4.78, 5) is 14.4. The van der Waals surface area contributed by atoms with Gasteiger partial charge in [-0.3, -0.25) is 4.79 Å². The second-order valence-electron chi connectivity index (χ2n) is 5.82. The molecule has 0 aliphatic rings. The van der Waals surface area contributed by atoms with Crippen molar-refractivity contribution in [3.63, 3.8) is 0 Å². The Hall–Kier alpha value is -2.27. The fourth-order valence-electron chi connectivity index (χ4n) is 2.66. The molecule has 23 heavy (non-hydrogen) atoms. The van der Waals surface area contributed by atoms with Crippen molar-refractivity contribution in [2.24, 2.45) is 5.73 Å². The molecule has 0 fully saturated rings. The number of nitrogens with zero attached hydrogens (tertiary/aromatic N) is 2. The average Bonchev–Trinajstić information content (AvgIpc) is 2.87. The molecule has 0 radical (unpaired) electrons. The van der Waals surface area contributed by atoms with Crippen LogP contribution in [0.25, 0.3) is 5.69 Å². The van der Waals surface area contributed by atoms with Gasteiger partial charge in [-0.2, -0.15) is 0 Å². The highest BCUT2D eigenvalue weighted by Gasteiger charge is 2.22. The maximum absolute atomic E-state index is 12.7. The van der Waals surface area contributed by atoms with Crippen LogP contribution in [0.4, 0.5) is 0 Å². The first kappa shape index (κ1) is 17.1. The monoisotopic (exact) mass is 315 g/mol. The number of likely N-dealkylation sites (N-methyl/N-ethyl adjacent to an activating group) is 1. The first-order valence-electron chi connectivity index (χ1n) is 7.71. The van der Waals surface area contributed by atoms with E-state index in [2.05, 4.69) is 4.57 Å². The highest BCUT2D eigenvalue weighted by atomic mass is 16.5. The maximum Gasteiger partial charge on any atom is 0.255 e. The predicted octanol–water partition coefficient (Wildman–Crippen LogP) is 2.52. The summed E-state index contributed by atoms with van der Waals surface area (Å²) in [5.41, 5.74) is 9.33. The van der Waals surface area contributed by atoms with Crippen molar-refractivity contribution in [2.45, 2.75) is 26.8 Å². The number of ether oxygens (including phenoxy) is 1. The minimum absolute atomic E-state index is 0.00388. The smallest absolute Gasteiger partial charge is 0.255 e. The number of carbonyl (C=O) groups excluding carboxylic acids is 1. The van der Waals surface area contributed by atoms with Crippen molar-refractivity contribution < 1.29 is 9.53 Å². The van der Waals surface area contributed by atoms with Crippen LogP contribution in [0, 0.1) is 13.8 Å². The molecule has 2 aromatic rings. The van der Waals surface area contributed by atoms with Crippen LogP contribution in [-0.4, -0.2) is 42.1 Å².